The summed E-state index contributed by atoms with van der Waals surface area (Å²) in [7, 11) is 1.94. The summed E-state index contributed by atoms with van der Waals surface area (Å²) in [6.45, 7) is 7.87. The van der Waals surface area contributed by atoms with Gasteiger partial charge in [-0.15, -0.1) is 0 Å². The van der Waals surface area contributed by atoms with E-state index in [1.54, 1.807) is 0 Å². The summed E-state index contributed by atoms with van der Waals surface area (Å²) in [5.74, 6) is 0.711. The molecule has 5 nitrogen and oxygen atoms in total. The van der Waals surface area contributed by atoms with E-state index in [0.717, 1.165) is 36.5 Å². The first kappa shape index (κ1) is 23.6. The Morgan fingerprint density at radius 1 is 1.06 bits per heavy atom. The van der Waals surface area contributed by atoms with E-state index in [4.69, 9.17) is 15.2 Å². The van der Waals surface area contributed by atoms with Gasteiger partial charge in [0.05, 0.1) is 6.61 Å². The maximum atomic E-state index is 12.2. The van der Waals surface area contributed by atoms with Gasteiger partial charge in [-0.3, -0.25) is 0 Å². The summed E-state index contributed by atoms with van der Waals surface area (Å²) in [6.07, 6.45) is 1.88. The Morgan fingerprint density at radius 3 is 2.25 bits per heavy atom. The van der Waals surface area contributed by atoms with Crippen molar-refractivity contribution in [2.75, 3.05) is 6.61 Å². The van der Waals surface area contributed by atoms with Crippen LogP contribution < -0.4 is 10.5 Å². The van der Waals surface area contributed by atoms with Crippen LogP contribution in [0.2, 0.25) is 0 Å². The maximum absolute atomic E-state index is 12.2. The monoisotopic (exact) mass is 434 g/mol. The highest BCUT2D eigenvalue weighted by Gasteiger charge is 2.34. The van der Waals surface area contributed by atoms with Gasteiger partial charge in [-0.05, 0) is 60.7 Å². The molecule has 0 saturated carbocycles. The zero-order valence-electron chi connectivity index (χ0n) is 19.6. The number of carbonyl (C=O) groups excluding carboxylic acids is 1. The molecule has 0 saturated heterocycles. The van der Waals surface area contributed by atoms with Crippen molar-refractivity contribution < 1.29 is 14.3 Å². The summed E-state index contributed by atoms with van der Waals surface area (Å²) in [5, 5.41) is 0. The Balaban J connectivity index is 0.000000297. The van der Waals surface area contributed by atoms with Crippen LogP contribution in [-0.4, -0.2) is 17.1 Å². The lowest BCUT2D eigenvalue weighted by Gasteiger charge is -2.34. The van der Waals surface area contributed by atoms with Crippen LogP contribution in [0.25, 0.3) is 0 Å². The van der Waals surface area contributed by atoms with Crippen LogP contribution in [0.5, 0.6) is 5.75 Å². The van der Waals surface area contributed by atoms with Gasteiger partial charge in [-0.2, -0.15) is 0 Å². The van der Waals surface area contributed by atoms with Gasteiger partial charge < -0.3 is 19.8 Å². The van der Waals surface area contributed by atoms with Crippen molar-refractivity contribution in [3.05, 3.63) is 88.7 Å². The third-order valence-electron chi connectivity index (χ3n) is 6.35. The highest BCUT2D eigenvalue weighted by Crippen LogP contribution is 2.39. The highest BCUT2D eigenvalue weighted by atomic mass is 16.5. The molecule has 0 aliphatic carbocycles. The van der Waals surface area contributed by atoms with Crippen molar-refractivity contribution in [1.82, 2.24) is 4.57 Å². The van der Waals surface area contributed by atoms with E-state index in [0.29, 0.717) is 18.8 Å². The molecule has 2 N–H and O–H groups in total. The zero-order chi connectivity index (χ0) is 23.1. The van der Waals surface area contributed by atoms with Gasteiger partial charge in [0.1, 0.15) is 18.1 Å². The molecular weight excluding hydrogens is 400 g/mol. The van der Waals surface area contributed by atoms with E-state index >= 15 is 0 Å². The summed E-state index contributed by atoms with van der Waals surface area (Å²) < 4.78 is 12.3. The van der Waals surface area contributed by atoms with Crippen LogP contribution in [-0.2, 0) is 30.4 Å². The lowest BCUT2D eigenvalue weighted by Crippen LogP contribution is -2.29. The molecule has 0 atom stereocenters. The van der Waals surface area contributed by atoms with Gasteiger partial charge >= 0.3 is 5.97 Å². The fourth-order valence-electron chi connectivity index (χ4n) is 4.41. The number of hydrogen-bond acceptors (Lipinski definition) is 4. The van der Waals surface area contributed by atoms with Crippen molar-refractivity contribution in [2.45, 2.75) is 52.2 Å². The molecule has 3 aromatic rings. The number of fused-ring (bicyclic) bond motifs is 3. The third kappa shape index (κ3) is 4.73. The molecule has 2 aliphatic heterocycles. The normalized spacial score (nSPS) is 12.0. The number of benzene rings is 2. The number of nitrogens with two attached hydrogens (primary N) is 1. The van der Waals surface area contributed by atoms with Crippen LogP contribution in [0.3, 0.4) is 0 Å². The van der Waals surface area contributed by atoms with E-state index in [1.165, 1.54) is 11.1 Å². The molecule has 0 amide bonds. The Hall–Kier alpha value is -3.05. The number of aromatic nitrogens is 1. The minimum atomic E-state index is -0.275. The average Bonchev–Trinajstić information content (AvgIpc) is 3.24. The lowest BCUT2D eigenvalue weighted by molar-refractivity contribution is 0.0514. The molecule has 0 radical (unpaired) electrons. The smallest absolute Gasteiger partial charge is 0.354 e. The fraction of sp³-hybridized carbons (Fsp3) is 0.370. The van der Waals surface area contributed by atoms with Gasteiger partial charge in [0, 0.05) is 24.7 Å². The maximum Gasteiger partial charge on any atom is 0.354 e. The van der Waals surface area contributed by atoms with Crippen LogP contribution in [0.1, 0.15) is 66.5 Å². The predicted octanol–water partition coefficient (Wildman–Crippen LogP) is 5.35. The van der Waals surface area contributed by atoms with E-state index < -0.39 is 0 Å². The van der Waals surface area contributed by atoms with E-state index in [-0.39, 0.29) is 11.4 Å². The predicted molar refractivity (Wildman–Crippen MR) is 128 cm³/mol. The molecule has 32 heavy (non-hydrogen) atoms. The molecule has 170 valence electrons. The van der Waals surface area contributed by atoms with Crippen molar-refractivity contribution in [2.24, 2.45) is 12.8 Å². The summed E-state index contributed by atoms with van der Waals surface area (Å²) in [4.78, 5) is 12.2. The van der Waals surface area contributed by atoms with Gasteiger partial charge in [0.2, 0.25) is 0 Å². The molecule has 0 spiro atoms. The van der Waals surface area contributed by atoms with Gasteiger partial charge in [0.25, 0.3) is 0 Å². The van der Waals surface area contributed by atoms with Crippen LogP contribution in [0.15, 0.2) is 60.7 Å². The third-order valence-corrected chi connectivity index (χ3v) is 6.35. The van der Waals surface area contributed by atoms with E-state index in [1.807, 2.05) is 42.8 Å². The van der Waals surface area contributed by atoms with E-state index in [2.05, 4.69) is 50.2 Å². The second-order valence-corrected chi connectivity index (χ2v) is 8.01. The minimum absolute atomic E-state index is 0.148. The van der Waals surface area contributed by atoms with Crippen LogP contribution >= 0.6 is 0 Å². The van der Waals surface area contributed by atoms with Gasteiger partial charge in [-0.1, -0.05) is 50.2 Å². The lowest BCUT2D eigenvalue weighted by atomic mass is 9.73. The molecule has 2 bridgehead atoms. The van der Waals surface area contributed by atoms with E-state index in [9.17, 15) is 4.79 Å². The number of ether oxygens (including phenoxy) is 2. The quantitative estimate of drug-likeness (QED) is 0.509. The molecule has 0 fully saturated rings. The highest BCUT2D eigenvalue weighted by molar-refractivity contribution is 5.88. The Labute approximate surface area is 191 Å². The van der Waals surface area contributed by atoms with Crippen LogP contribution in [0, 0.1) is 0 Å². The molecule has 1 aromatic heterocycles. The molecule has 5 rings (SSSR count). The molecule has 2 aliphatic rings. The minimum Gasteiger partial charge on any atom is -0.489 e. The van der Waals surface area contributed by atoms with Crippen molar-refractivity contribution >= 4 is 5.97 Å². The summed E-state index contributed by atoms with van der Waals surface area (Å²) in [6, 6.07) is 20.5. The Kier molecular flexibility index (Phi) is 7.75. The number of nitrogens with zero attached hydrogens (tertiary/aromatic N) is 1. The van der Waals surface area contributed by atoms with Crippen molar-refractivity contribution in [3.63, 3.8) is 0 Å². The zero-order valence-corrected chi connectivity index (χ0v) is 19.6. The second-order valence-electron chi connectivity index (χ2n) is 8.01. The van der Waals surface area contributed by atoms with Gasteiger partial charge in [0.15, 0.2) is 0 Å². The molecule has 3 heterocycles. The van der Waals surface area contributed by atoms with Crippen molar-refractivity contribution in [3.8, 4) is 5.75 Å². The Morgan fingerprint density at radius 2 is 1.78 bits per heavy atom. The number of rotatable bonds is 7. The summed E-state index contributed by atoms with van der Waals surface area (Å²) >= 11 is 0. The van der Waals surface area contributed by atoms with Crippen molar-refractivity contribution in [1.29, 1.82) is 0 Å². The topological polar surface area (TPSA) is 66.5 Å². The average molecular weight is 435 g/mol. The largest absolute Gasteiger partial charge is 0.489 e. The SMILES string of the molecule is CCOC(=O)c1ccc(C(CC)(CC)c2cccc(CN)c2)n1C.c1cc2ccc1CO2. The summed E-state index contributed by atoms with van der Waals surface area (Å²) in [5.41, 5.74) is 11.0. The van der Waals surface area contributed by atoms with Crippen LogP contribution in [0.4, 0.5) is 0 Å². The van der Waals surface area contributed by atoms with Gasteiger partial charge in [-0.25, -0.2) is 4.79 Å². The standard InChI is InChI=1S/C20H28N2O2.C7H6O/c1-5-20(6-2,16-10-8-9-15(13-16)14-21)18-12-11-17(22(18)4)19(23)24-7-3;1-3-7-4-2-6(1)5-8-7/h8-13H,5-7,14,21H2,1-4H3;1-4H,5H2. The molecule has 5 heteroatoms. The Bertz CT molecular complexity index is 1010. The fourth-order valence-corrected chi connectivity index (χ4v) is 4.41. The second kappa shape index (κ2) is 10.5. The first-order valence-corrected chi connectivity index (χ1v) is 11.3. The number of hydrogen-bond donors (Lipinski definition) is 1. The molecular formula is C27H34N2O3. The molecule has 2 aromatic carbocycles. The number of carbonyl (C=O) groups is 1. The number of esters is 1. The molecule has 0 unspecified atom stereocenters. The first-order valence-electron chi connectivity index (χ1n) is 11.3. The first-order chi connectivity index (χ1) is 15.5.